The fourth-order valence-electron chi connectivity index (χ4n) is 0.784. The molecule has 0 aromatic heterocycles. The van der Waals surface area contributed by atoms with E-state index in [9.17, 15) is 9.59 Å². The van der Waals surface area contributed by atoms with Crippen LogP contribution in [0.15, 0.2) is 0 Å². The van der Waals surface area contributed by atoms with Gasteiger partial charge in [-0.05, 0) is 13.6 Å². The molecule has 0 aliphatic carbocycles. The summed E-state index contributed by atoms with van der Waals surface area (Å²) in [6, 6.07) is 0. The Morgan fingerprint density at radius 3 is 2.07 bits per heavy atom. The Hall–Kier alpha value is -1.14. The first-order valence-corrected chi connectivity index (χ1v) is 4.87. The van der Waals surface area contributed by atoms with Crippen molar-refractivity contribution in [1.29, 1.82) is 0 Å². The SMILES string of the molecule is CCNCC(=O)OCCOC(=O)CNC. The molecule has 0 atom stereocenters. The minimum Gasteiger partial charge on any atom is -0.461 e. The van der Waals surface area contributed by atoms with Crippen LogP contribution in [0, 0.1) is 0 Å². The van der Waals surface area contributed by atoms with Crippen molar-refractivity contribution in [3.05, 3.63) is 0 Å². The van der Waals surface area contributed by atoms with E-state index in [1.165, 1.54) is 0 Å². The molecule has 0 spiro atoms. The third-order valence-corrected chi connectivity index (χ3v) is 1.45. The summed E-state index contributed by atoms with van der Waals surface area (Å²) in [6.07, 6.45) is 0. The molecule has 2 N–H and O–H groups in total. The van der Waals surface area contributed by atoms with E-state index in [1.807, 2.05) is 6.92 Å². The first-order chi connectivity index (χ1) is 7.20. The van der Waals surface area contributed by atoms with E-state index in [-0.39, 0.29) is 38.2 Å². The minimum absolute atomic E-state index is 0.0956. The summed E-state index contributed by atoms with van der Waals surface area (Å²) in [5, 5.41) is 5.48. The van der Waals surface area contributed by atoms with Crippen molar-refractivity contribution in [2.45, 2.75) is 6.92 Å². The topological polar surface area (TPSA) is 76.7 Å². The molecular weight excluding hydrogens is 200 g/mol. The molecule has 0 fully saturated rings. The van der Waals surface area contributed by atoms with Gasteiger partial charge in [0.2, 0.25) is 0 Å². The Morgan fingerprint density at radius 1 is 1.07 bits per heavy atom. The lowest BCUT2D eigenvalue weighted by atomic mass is 10.6. The van der Waals surface area contributed by atoms with Gasteiger partial charge in [0.25, 0.3) is 0 Å². The molecule has 6 heteroatoms. The van der Waals surface area contributed by atoms with Crippen LogP contribution in [0.2, 0.25) is 0 Å². The number of nitrogens with one attached hydrogen (secondary N) is 2. The Labute approximate surface area is 89.3 Å². The van der Waals surface area contributed by atoms with E-state index in [0.29, 0.717) is 6.54 Å². The van der Waals surface area contributed by atoms with Gasteiger partial charge in [0.1, 0.15) is 13.2 Å². The van der Waals surface area contributed by atoms with Crippen LogP contribution in [0.1, 0.15) is 6.92 Å². The lowest BCUT2D eigenvalue weighted by molar-refractivity contribution is -0.151. The zero-order valence-corrected chi connectivity index (χ0v) is 9.17. The van der Waals surface area contributed by atoms with Crippen LogP contribution in [0.3, 0.4) is 0 Å². The molecule has 0 aliphatic rings. The normalized spacial score (nSPS) is 9.73. The predicted molar refractivity (Wildman–Crippen MR) is 54.4 cm³/mol. The highest BCUT2D eigenvalue weighted by Gasteiger charge is 2.03. The monoisotopic (exact) mass is 218 g/mol. The molecule has 88 valence electrons. The van der Waals surface area contributed by atoms with Crippen LogP contribution in [-0.4, -0.2) is 51.8 Å². The van der Waals surface area contributed by atoms with Crippen LogP contribution < -0.4 is 10.6 Å². The number of hydrogen-bond acceptors (Lipinski definition) is 6. The van der Waals surface area contributed by atoms with E-state index < -0.39 is 0 Å². The molecule has 0 amide bonds. The van der Waals surface area contributed by atoms with Gasteiger partial charge >= 0.3 is 11.9 Å². The van der Waals surface area contributed by atoms with Crippen molar-refractivity contribution in [1.82, 2.24) is 10.6 Å². The number of ether oxygens (including phenoxy) is 2. The molecule has 0 rings (SSSR count). The molecule has 0 saturated heterocycles. The van der Waals surface area contributed by atoms with Crippen LogP contribution in [0.25, 0.3) is 0 Å². The fraction of sp³-hybridized carbons (Fsp3) is 0.778. The fourth-order valence-corrected chi connectivity index (χ4v) is 0.784. The van der Waals surface area contributed by atoms with Gasteiger partial charge < -0.3 is 20.1 Å². The van der Waals surface area contributed by atoms with Gasteiger partial charge in [-0.2, -0.15) is 0 Å². The van der Waals surface area contributed by atoms with Crippen molar-refractivity contribution in [3.63, 3.8) is 0 Å². The average Bonchev–Trinajstić information content (AvgIpc) is 2.22. The largest absolute Gasteiger partial charge is 0.461 e. The van der Waals surface area contributed by atoms with Crippen molar-refractivity contribution < 1.29 is 19.1 Å². The van der Waals surface area contributed by atoms with Crippen LogP contribution in [0.5, 0.6) is 0 Å². The van der Waals surface area contributed by atoms with Gasteiger partial charge in [-0.3, -0.25) is 9.59 Å². The molecule has 15 heavy (non-hydrogen) atoms. The molecular formula is C9H18N2O4. The molecule has 0 unspecified atom stereocenters. The smallest absolute Gasteiger partial charge is 0.320 e. The molecule has 0 saturated carbocycles. The molecule has 0 aromatic rings. The number of carbonyl (C=O) groups excluding carboxylic acids is 2. The maximum atomic E-state index is 10.9. The summed E-state index contributed by atoms with van der Waals surface area (Å²) >= 11 is 0. The van der Waals surface area contributed by atoms with Gasteiger partial charge in [0.15, 0.2) is 0 Å². The van der Waals surface area contributed by atoms with Crippen LogP contribution in [-0.2, 0) is 19.1 Å². The summed E-state index contributed by atoms with van der Waals surface area (Å²) in [5.41, 5.74) is 0. The first kappa shape index (κ1) is 13.9. The highest BCUT2D eigenvalue weighted by molar-refractivity contribution is 5.72. The summed E-state index contributed by atoms with van der Waals surface area (Å²) < 4.78 is 9.51. The van der Waals surface area contributed by atoms with E-state index >= 15 is 0 Å². The van der Waals surface area contributed by atoms with E-state index in [0.717, 1.165) is 0 Å². The third kappa shape index (κ3) is 9.17. The lowest BCUT2D eigenvalue weighted by Crippen LogP contribution is -2.26. The Kier molecular flexibility index (Phi) is 8.70. The van der Waals surface area contributed by atoms with Crippen molar-refractivity contribution >= 4 is 11.9 Å². The highest BCUT2D eigenvalue weighted by Crippen LogP contribution is 1.81. The van der Waals surface area contributed by atoms with E-state index in [2.05, 4.69) is 10.6 Å². The van der Waals surface area contributed by atoms with Gasteiger partial charge in [0, 0.05) is 0 Å². The number of hydrogen-bond donors (Lipinski definition) is 2. The minimum atomic E-state index is -0.361. The zero-order valence-electron chi connectivity index (χ0n) is 9.17. The number of likely N-dealkylation sites (N-methyl/N-ethyl adjacent to an activating group) is 2. The summed E-state index contributed by atoms with van der Waals surface area (Å²) in [5.74, 6) is -0.707. The standard InChI is InChI=1S/C9H18N2O4/c1-3-11-7-9(13)15-5-4-14-8(12)6-10-2/h10-11H,3-7H2,1-2H3. The second-order valence-electron chi connectivity index (χ2n) is 2.75. The second kappa shape index (κ2) is 9.42. The maximum absolute atomic E-state index is 10.9. The predicted octanol–water partition coefficient (Wildman–Crippen LogP) is -1.10. The molecule has 0 heterocycles. The van der Waals surface area contributed by atoms with E-state index in [4.69, 9.17) is 9.47 Å². The number of carbonyl (C=O) groups is 2. The van der Waals surface area contributed by atoms with Gasteiger partial charge in [-0.15, -0.1) is 0 Å². The summed E-state index contributed by atoms with van der Waals surface area (Å²) in [6.45, 7) is 3.14. The molecule has 0 aromatic carbocycles. The Morgan fingerprint density at radius 2 is 1.60 bits per heavy atom. The summed E-state index contributed by atoms with van der Waals surface area (Å²) in [7, 11) is 1.65. The quantitative estimate of drug-likeness (QED) is 0.398. The van der Waals surface area contributed by atoms with Crippen LogP contribution >= 0.6 is 0 Å². The third-order valence-electron chi connectivity index (χ3n) is 1.45. The highest BCUT2D eigenvalue weighted by atomic mass is 16.6. The lowest BCUT2D eigenvalue weighted by Gasteiger charge is -2.06. The zero-order chi connectivity index (χ0) is 11.5. The second-order valence-corrected chi connectivity index (χ2v) is 2.75. The van der Waals surface area contributed by atoms with Crippen LogP contribution in [0.4, 0.5) is 0 Å². The average molecular weight is 218 g/mol. The van der Waals surface area contributed by atoms with Crippen molar-refractivity contribution in [2.24, 2.45) is 0 Å². The number of esters is 2. The molecule has 0 aliphatic heterocycles. The molecule has 0 radical (unpaired) electrons. The Bertz CT molecular complexity index is 197. The number of rotatable bonds is 8. The first-order valence-electron chi connectivity index (χ1n) is 4.87. The van der Waals surface area contributed by atoms with Gasteiger partial charge in [-0.1, -0.05) is 6.92 Å². The van der Waals surface area contributed by atoms with Gasteiger partial charge in [-0.25, -0.2) is 0 Å². The molecule has 0 bridgehead atoms. The Balaban J connectivity index is 3.30. The molecule has 6 nitrogen and oxygen atoms in total. The maximum Gasteiger partial charge on any atom is 0.320 e. The van der Waals surface area contributed by atoms with Gasteiger partial charge in [0.05, 0.1) is 13.1 Å². The van der Waals surface area contributed by atoms with Crippen molar-refractivity contribution in [2.75, 3.05) is 39.9 Å². The summed E-state index contributed by atoms with van der Waals surface area (Å²) in [4.78, 5) is 21.8. The van der Waals surface area contributed by atoms with Crippen molar-refractivity contribution in [3.8, 4) is 0 Å². The van der Waals surface area contributed by atoms with E-state index in [1.54, 1.807) is 7.05 Å².